The van der Waals surface area contributed by atoms with E-state index in [4.69, 9.17) is 18.9 Å². The van der Waals surface area contributed by atoms with Gasteiger partial charge in [0.05, 0.1) is 26.4 Å². The Labute approximate surface area is 237 Å². The Kier molecular flexibility index (Phi) is 12.5. The number of hydrogen-bond donors (Lipinski definition) is 1. The molecule has 0 heterocycles. The van der Waals surface area contributed by atoms with Crippen molar-refractivity contribution in [3.63, 3.8) is 0 Å². The molecule has 7 heteroatoms. The number of hydrogen-bond acceptors (Lipinski definition) is 7. The van der Waals surface area contributed by atoms with Crippen LogP contribution in [0.25, 0.3) is 0 Å². The van der Waals surface area contributed by atoms with E-state index in [9.17, 15) is 14.7 Å². The highest BCUT2D eigenvalue weighted by atomic mass is 16.7. The quantitative estimate of drug-likeness (QED) is 0.103. The van der Waals surface area contributed by atoms with Gasteiger partial charge in [0.1, 0.15) is 0 Å². The standard InChI is InChI=1S/C33H40O7/c1-4-38-31(36)30(35)28-16-12-25(13-17-28)20-33(23-34,24-37-22-27-10-8-7-9-11-27)21-26-14-18-29(19-15-26)32(39-5-2)40-6-3/h7-19,32,34H,4-6,20-24H2,1-3H3. The molecule has 0 spiro atoms. The van der Waals surface area contributed by atoms with Gasteiger partial charge in [-0.25, -0.2) is 4.79 Å². The van der Waals surface area contributed by atoms with Crippen LogP contribution in [0.4, 0.5) is 0 Å². The molecule has 0 fully saturated rings. The molecule has 1 unspecified atom stereocenters. The predicted octanol–water partition coefficient (Wildman–Crippen LogP) is 5.48. The summed E-state index contributed by atoms with van der Waals surface area (Å²) in [6.45, 7) is 7.41. The average Bonchev–Trinajstić information content (AvgIpc) is 2.98. The molecular formula is C33H40O7. The Balaban J connectivity index is 1.81. The molecule has 0 aromatic heterocycles. The maximum absolute atomic E-state index is 12.3. The summed E-state index contributed by atoms with van der Waals surface area (Å²) in [7, 11) is 0. The highest BCUT2D eigenvalue weighted by Crippen LogP contribution is 2.30. The zero-order valence-corrected chi connectivity index (χ0v) is 23.6. The van der Waals surface area contributed by atoms with E-state index >= 15 is 0 Å². The van der Waals surface area contributed by atoms with Crippen LogP contribution < -0.4 is 0 Å². The summed E-state index contributed by atoms with van der Waals surface area (Å²) in [6.07, 6.45) is 0.654. The number of rotatable bonds is 17. The number of esters is 1. The SMILES string of the molecule is CCOC(=O)C(=O)c1ccc(CC(CO)(COCc2ccccc2)Cc2ccc(C(OCC)OCC)cc2)cc1. The van der Waals surface area contributed by atoms with E-state index in [0.717, 1.165) is 22.3 Å². The third kappa shape index (κ3) is 9.10. The molecule has 3 aromatic carbocycles. The molecule has 0 aliphatic rings. The summed E-state index contributed by atoms with van der Waals surface area (Å²) >= 11 is 0. The van der Waals surface area contributed by atoms with Gasteiger partial charge in [0, 0.05) is 29.8 Å². The molecule has 1 atom stereocenters. The number of ether oxygens (including phenoxy) is 4. The fraction of sp³-hybridized carbons (Fsp3) is 0.394. The number of Topliss-reactive ketones (excluding diaryl/α,β-unsaturated/α-hetero) is 1. The second-order valence-corrected chi connectivity index (χ2v) is 9.72. The number of aliphatic hydroxyl groups excluding tert-OH is 1. The summed E-state index contributed by atoms with van der Waals surface area (Å²) in [4.78, 5) is 24.2. The first-order chi connectivity index (χ1) is 19.4. The largest absolute Gasteiger partial charge is 0.460 e. The third-order valence-corrected chi connectivity index (χ3v) is 6.58. The first-order valence-electron chi connectivity index (χ1n) is 13.8. The summed E-state index contributed by atoms with van der Waals surface area (Å²) in [6, 6.07) is 24.8. The normalized spacial score (nSPS) is 12.7. The van der Waals surface area contributed by atoms with Gasteiger partial charge in [-0.2, -0.15) is 0 Å². The predicted molar refractivity (Wildman–Crippen MR) is 153 cm³/mol. The van der Waals surface area contributed by atoms with Gasteiger partial charge in [-0.05, 0) is 50.3 Å². The minimum Gasteiger partial charge on any atom is -0.460 e. The molecule has 0 bridgehead atoms. The highest BCUT2D eigenvalue weighted by molar-refractivity contribution is 6.40. The van der Waals surface area contributed by atoms with Gasteiger partial charge >= 0.3 is 5.97 Å². The van der Waals surface area contributed by atoms with Crippen molar-refractivity contribution in [3.8, 4) is 0 Å². The van der Waals surface area contributed by atoms with Crippen molar-refractivity contribution in [2.75, 3.05) is 33.0 Å². The molecule has 0 amide bonds. The van der Waals surface area contributed by atoms with Gasteiger partial charge < -0.3 is 24.1 Å². The maximum atomic E-state index is 12.3. The fourth-order valence-corrected chi connectivity index (χ4v) is 4.57. The van der Waals surface area contributed by atoms with Crippen LogP contribution in [-0.2, 0) is 43.2 Å². The minimum absolute atomic E-state index is 0.104. The first kappa shape index (κ1) is 31.2. The van der Waals surface area contributed by atoms with Crippen LogP contribution in [0.2, 0.25) is 0 Å². The second kappa shape index (κ2) is 16.0. The van der Waals surface area contributed by atoms with Crippen LogP contribution in [-0.4, -0.2) is 49.9 Å². The van der Waals surface area contributed by atoms with Crippen molar-refractivity contribution >= 4 is 11.8 Å². The number of benzene rings is 3. The Hall–Kier alpha value is -3.36. The molecule has 0 saturated carbocycles. The summed E-state index contributed by atoms with van der Waals surface area (Å²) in [5.41, 5.74) is 3.60. The molecule has 0 saturated heterocycles. The van der Waals surface area contributed by atoms with E-state index in [1.165, 1.54) is 0 Å². The number of ketones is 1. The number of aliphatic hydroxyl groups is 1. The molecule has 0 radical (unpaired) electrons. The van der Waals surface area contributed by atoms with E-state index in [1.807, 2.05) is 80.6 Å². The van der Waals surface area contributed by atoms with Gasteiger partial charge in [0.15, 0.2) is 6.29 Å². The van der Waals surface area contributed by atoms with Crippen LogP contribution in [0.5, 0.6) is 0 Å². The van der Waals surface area contributed by atoms with Crippen LogP contribution in [0, 0.1) is 5.41 Å². The lowest BCUT2D eigenvalue weighted by Gasteiger charge is -2.32. The van der Waals surface area contributed by atoms with Crippen LogP contribution in [0.3, 0.4) is 0 Å². The Morgan fingerprint density at radius 1 is 0.750 bits per heavy atom. The lowest BCUT2D eigenvalue weighted by molar-refractivity contribution is -0.140. The van der Waals surface area contributed by atoms with Gasteiger partial charge in [-0.1, -0.05) is 78.9 Å². The molecule has 0 aliphatic carbocycles. The van der Waals surface area contributed by atoms with Crippen molar-refractivity contribution in [1.29, 1.82) is 0 Å². The van der Waals surface area contributed by atoms with Gasteiger partial charge in [-0.15, -0.1) is 0 Å². The molecule has 1 N–H and O–H groups in total. The Morgan fingerprint density at radius 2 is 1.32 bits per heavy atom. The number of carbonyl (C=O) groups excluding carboxylic acids is 2. The topological polar surface area (TPSA) is 91.3 Å². The fourth-order valence-electron chi connectivity index (χ4n) is 4.57. The molecule has 3 aromatic rings. The zero-order valence-electron chi connectivity index (χ0n) is 23.6. The molecule has 214 valence electrons. The smallest absolute Gasteiger partial charge is 0.379 e. The van der Waals surface area contributed by atoms with Crippen molar-refractivity contribution in [3.05, 3.63) is 107 Å². The van der Waals surface area contributed by atoms with E-state index in [0.29, 0.717) is 39.3 Å². The average molecular weight is 549 g/mol. The van der Waals surface area contributed by atoms with Gasteiger partial charge in [-0.3, -0.25) is 4.79 Å². The third-order valence-electron chi connectivity index (χ3n) is 6.58. The lowest BCUT2D eigenvalue weighted by atomic mass is 9.77. The van der Waals surface area contributed by atoms with E-state index in [-0.39, 0.29) is 18.8 Å². The monoisotopic (exact) mass is 548 g/mol. The van der Waals surface area contributed by atoms with Crippen molar-refractivity contribution in [2.24, 2.45) is 5.41 Å². The van der Waals surface area contributed by atoms with E-state index in [2.05, 4.69) is 0 Å². The van der Waals surface area contributed by atoms with Crippen molar-refractivity contribution in [1.82, 2.24) is 0 Å². The molecule has 40 heavy (non-hydrogen) atoms. The zero-order chi connectivity index (χ0) is 28.8. The summed E-state index contributed by atoms with van der Waals surface area (Å²) in [5, 5.41) is 10.7. The van der Waals surface area contributed by atoms with E-state index < -0.39 is 23.5 Å². The van der Waals surface area contributed by atoms with E-state index in [1.54, 1.807) is 19.1 Å². The summed E-state index contributed by atoms with van der Waals surface area (Å²) < 4.78 is 22.4. The highest BCUT2D eigenvalue weighted by Gasteiger charge is 2.31. The second-order valence-electron chi connectivity index (χ2n) is 9.72. The molecular weight excluding hydrogens is 508 g/mol. The van der Waals surface area contributed by atoms with Crippen LogP contribution in [0.15, 0.2) is 78.9 Å². The Bertz CT molecular complexity index is 1170. The summed E-state index contributed by atoms with van der Waals surface area (Å²) in [5.74, 6) is -1.54. The minimum atomic E-state index is -0.867. The Morgan fingerprint density at radius 3 is 1.85 bits per heavy atom. The lowest BCUT2D eigenvalue weighted by Crippen LogP contribution is -2.36. The molecule has 7 nitrogen and oxygen atoms in total. The van der Waals surface area contributed by atoms with Crippen LogP contribution >= 0.6 is 0 Å². The van der Waals surface area contributed by atoms with Gasteiger partial charge in [0.2, 0.25) is 0 Å². The number of carbonyl (C=O) groups is 2. The van der Waals surface area contributed by atoms with Gasteiger partial charge in [0.25, 0.3) is 5.78 Å². The van der Waals surface area contributed by atoms with Crippen molar-refractivity contribution in [2.45, 2.75) is 46.5 Å². The molecule has 3 rings (SSSR count). The molecule has 0 aliphatic heterocycles. The van der Waals surface area contributed by atoms with Crippen molar-refractivity contribution < 1.29 is 33.6 Å². The maximum Gasteiger partial charge on any atom is 0.379 e. The van der Waals surface area contributed by atoms with Crippen LogP contribution in [0.1, 0.15) is 59.7 Å². The first-order valence-corrected chi connectivity index (χ1v) is 13.8.